The summed E-state index contributed by atoms with van der Waals surface area (Å²) in [5.74, 6) is 1.44. The number of hydrogen-bond donors (Lipinski definition) is 2. The number of hydrogen-bond acceptors (Lipinski definition) is 5. The molecule has 0 atom stereocenters. The highest BCUT2D eigenvalue weighted by atomic mass is 32.8. The maximum Gasteiger partial charge on any atom is 0.119 e. The van der Waals surface area contributed by atoms with Gasteiger partial charge in [-0.05, 0) is 59.7 Å². The molecule has 2 aromatic rings. The largest absolute Gasteiger partial charge is 0.491 e. The molecule has 0 aromatic heterocycles. The molecule has 0 unspecified atom stereocenters. The number of rotatable bonds is 8. The molecule has 0 bridgehead atoms. The van der Waals surface area contributed by atoms with Crippen LogP contribution >= 0.6 is 0 Å². The van der Waals surface area contributed by atoms with Crippen molar-refractivity contribution in [3.63, 3.8) is 0 Å². The van der Waals surface area contributed by atoms with Gasteiger partial charge in [0.2, 0.25) is 0 Å². The zero-order valence-corrected chi connectivity index (χ0v) is 13.6. The van der Waals surface area contributed by atoms with Crippen LogP contribution in [0.1, 0.15) is 0 Å². The molecule has 0 amide bonds. The Balaban J connectivity index is 2.04. The molecule has 0 fully saturated rings. The van der Waals surface area contributed by atoms with Crippen LogP contribution in [0.25, 0.3) is 0 Å². The summed E-state index contributed by atoms with van der Waals surface area (Å²) in [4.78, 5) is 2.07. The average molecular weight is 338 g/mol. The van der Waals surface area contributed by atoms with E-state index in [1.165, 1.54) is 0 Å². The minimum atomic E-state index is -0.451. The average Bonchev–Trinajstić information content (AvgIpc) is 2.58. The van der Waals surface area contributed by atoms with E-state index in [0.717, 1.165) is 21.3 Å². The normalized spacial score (nSPS) is 10.7. The van der Waals surface area contributed by atoms with Gasteiger partial charge < -0.3 is 19.7 Å². The second kappa shape index (κ2) is 8.85. The molecule has 118 valence electrons. The van der Waals surface area contributed by atoms with Gasteiger partial charge in [-0.3, -0.25) is 0 Å². The molecule has 2 N–H and O–H groups in total. The third-order valence-corrected chi connectivity index (χ3v) is 5.35. The highest BCUT2D eigenvalue weighted by molar-refractivity contribution is 8.28. The first-order valence-electron chi connectivity index (χ1n) is 6.84. The molecule has 4 nitrogen and oxygen atoms in total. The van der Waals surface area contributed by atoms with E-state index in [0.29, 0.717) is 0 Å². The van der Waals surface area contributed by atoms with Crippen molar-refractivity contribution in [1.82, 2.24) is 0 Å². The zero-order valence-electron chi connectivity index (χ0n) is 12.0. The summed E-state index contributed by atoms with van der Waals surface area (Å²) in [6, 6.07) is 15.2. The highest BCUT2D eigenvalue weighted by Gasteiger charge is 2.04. The molecule has 0 aliphatic rings. The summed E-state index contributed by atoms with van der Waals surface area (Å²) < 4.78 is 10.7. The van der Waals surface area contributed by atoms with Gasteiger partial charge in [-0.1, -0.05) is 9.45 Å². The van der Waals surface area contributed by atoms with Gasteiger partial charge in [0.15, 0.2) is 0 Å². The van der Waals surface area contributed by atoms with Gasteiger partial charge in [0.25, 0.3) is 0 Å². The van der Waals surface area contributed by atoms with Gasteiger partial charge in [-0.2, -0.15) is 0 Å². The Morgan fingerprint density at radius 3 is 1.41 bits per heavy atom. The van der Waals surface area contributed by atoms with Gasteiger partial charge in [-0.15, -0.1) is 0 Å². The van der Waals surface area contributed by atoms with E-state index in [1.807, 2.05) is 48.5 Å². The van der Waals surface area contributed by atoms with Crippen molar-refractivity contribution in [2.75, 3.05) is 26.4 Å². The molecular weight excluding hydrogens is 320 g/mol. The van der Waals surface area contributed by atoms with E-state index in [4.69, 9.17) is 30.9 Å². The highest BCUT2D eigenvalue weighted by Crippen LogP contribution is 2.22. The number of benzene rings is 2. The quantitative estimate of drug-likeness (QED) is 0.770. The summed E-state index contributed by atoms with van der Waals surface area (Å²) in [5.41, 5.74) is 0. The van der Waals surface area contributed by atoms with E-state index in [1.54, 1.807) is 0 Å². The zero-order chi connectivity index (χ0) is 15.8. The smallest absolute Gasteiger partial charge is 0.119 e. The molecule has 6 heteroatoms. The summed E-state index contributed by atoms with van der Waals surface area (Å²) in [7, 11) is -0.451. The van der Waals surface area contributed by atoms with Crippen LogP contribution in [0.4, 0.5) is 0 Å². The Bertz CT molecular complexity index is 543. The Morgan fingerprint density at radius 2 is 1.09 bits per heavy atom. The molecule has 0 radical (unpaired) electrons. The molecule has 0 saturated heterocycles. The minimum absolute atomic E-state index is 0.00212. The van der Waals surface area contributed by atoms with Gasteiger partial charge in [-0.25, -0.2) is 0 Å². The lowest BCUT2D eigenvalue weighted by molar-refractivity contribution is 0.201. The molecular formula is C16H18O4S2. The summed E-state index contributed by atoms with van der Waals surface area (Å²) in [5, 5.41) is 17.5. The van der Waals surface area contributed by atoms with Crippen molar-refractivity contribution in [3.05, 3.63) is 48.5 Å². The van der Waals surface area contributed by atoms with E-state index in [2.05, 4.69) is 0 Å². The third kappa shape index (κ3) is 4.78. The minimum Gasteiger partial charge on any atom is -0.491 e. The van der Waals surface area contributed by atoms with Crippen molar-refractivity contribution in [2.45, 2.75) is 9.79 Å². The van der Waals surface area contributed by atoms with E-state index < -0.39 is 9.45 Å². The predicted octanol–water partition coefficient (Wildman–Crippen LogP) is 1.93. The van der Waals surface area contributed by atoms with Gasteiger partial charge in [0, 0.05) is 9.79 Å². The standard InChI is InChI=1S/C16H18O4S2/c17-9-11-19-13-1-5-15(6-2-13)22(21)16-7-3-14(4-8-16)20-12-10-18/h1-8,17-18H,9-12H2. The number of aliphatic hydroxyl groups is 2. The van der Waals surface area contributed by atoms with Crippen LogP contribution in [-0.2, 0) is 20.6 Å². The van der Waals surface area contributed by atoms with Crippen molar-refractivity contribution < 1.29 is 19.7 Å². The lowest BCUT2D eigenvalue weighted by Crippen LogP contribution is -2.02. The predicted molar refractivity (Wildman–Crippen MR) is 89.3 cm³/mol. The number of ether oxygens (including phenoxy) is 2. The first kappa shape index (κ1) is 16.9. The van der Waals surface area contributed by atoms with Crippen molar-refractivity contribution in [3.8, 4) is 11.5 Å². The fraction of sp³-hybridized carbons (Fsp3) is 0.250. The van der Waals surface area contributed by atoms with Crippen LogP contribution in [0.2, 0.25) is 0 Å². The molecule has 0 heterocycles. The molecule has 0 saturated carbocycles. The fourth-order valence-electron chi connectivity index (χ4n) is 1.78. The van der Waals surface area contributed by atoms with Crippen LogP contribution in [0, 0.1) is 0 Å². The molecule has 2 rings (SSSR count). The molecule has 0 spiro atoms. The monoisotopic (exact) mass is 338 g/mol. The first-order chi connectivity index (χ1) is 10.7. The summed E-state index contributed by atoms with van der Waals surface area (Å²) in [6.07, 6.45) is 0. The molecule has 22 heavy (non-hydrogen) atoms. The van der Waals surface area contributed by atoms with Crippen LogP contribution in [0.15, 0.2) is 58.3 Å². The van der Waals surface area contributed by atoms with Crippen LogP contribution in [-0.4, -0.2) is 36.6 Å². The molecule has 0 aliphatic carbocycles. The van der Waals surface area contributed by atoms with Crippen molar-refractivity contribution >= 4 is 20.6 Å². The van der Waals surface area contributed by atoms with Crippen LogP contribution < -0.4 is 9.47 Å². The SMILES string of the molecule is OCCOc1ccc(S(=S)c2ccc(OCCO)cc2)cc1. The Morgan fingerprint density at radius 1 is 0.727 bits per heavy atom. The second-order valence-corrected chi connectivity index (χ2v) is 6.84. The van der Waals surface area contributed by atoms with Gasteiger partial charge in [0.05, 0.1) is 13.2 Å². The lowest BCUT2D eigenvalue weighted by Gasteiger charge is -2.09. The topological polar surface area (TPSA) is 58.9 Å². The lowest BCUT2D eigenvalue weighted by atomic mass is 10.3. The van der Waals surface area contributed by atoms with Gasteiger partial charge in [0.1, 0.15) is 24.7 Å². The van der Waals surface area contributed by atoms with Gasteiger partial charge >= 0.3 is 0 Å². The second-order valence-electron chi connectivity index (χ2n) is 4.36. The maximum absolute atomic E-state index is 8.73. The molecule has 2 aromatic carbocycles. The molecule has 0 aliphatic heterocycles. The Labute approximate surface area is 136 Å². The fourth-order valence-corrected chi connectivity index (χ4v) is 3.49. The summed E-state index contributed by atoms with van der Waals surface area (Å²) in [6.45, 7) is 0.568. The van der Waals surface area contributed by atoms with Crippen molar-refractivity contribution in [1.29, 1.82) is 0 Å². The van der Waals surface area contributed by atoms with Crippen LogP contribution in [0.5, 0.6) is 11.5 Å². The van der Waals surface area contributed by atoms with Crippen molar-refractivity contribution in [2.24, 2.45) is 0 Å². The maximum atomic E-state index is 8.73. The van der Waals surface area contributed by atoms with E-state index in [-0.39, 0.29) is 26.4 Å². The summed E-state index contributed by atoms with van der Waals surface area (Å²) >= 11 is 5.60. The Hall–Kier alpha value is -1.47. The third-order valence-electron chi connectivity index (χ3n) is 2.80. The van der Waals surface area contributed by atoms with Crippen LogP contribution in [0.3, 0.4) is 0 Å². The first-order valence-corrected chi connectivity index (χ1v) is 8.99. The Kier molecular flexibility index (Phi) is 6.79. The number of aliphatic hydroxyl groups excluding tert-OH is 2. The van der Waals surface area contributed by atoms with E-state index >= 15 is 0 Å². The van der Waals surface area contributed by atoms with E-state index in [9.17, 15) is 0 Å².